The molecule has 178 valence electrons. The van der Waals surface area contributed by atoms with E-state index in [9.17, 15) is 18.9 Å². The minimum absolute atomic E-state index is 0.112. The number of nitrogens with zero attached hydrogens (tertiary/aromatic N) is 1. The van der Waals surface area contributed by atoms with Crippen molar-refractivity contribution in [3.8, 4) is 29.2 Å². The number of benzene rings is 1. The molecule has 0 saturated carbocycles. The van der Waals surface area contributed by atoms with Crippen LogP contribution in [0.25, 0.3) is 11.1 Å². The van der Waals surface area contributed by atoms with E-state index in [2.05, 4.69) is 5.92 Å². The zero-order valence-corrected chi connectivity index (χ0v) is 21.0. The SMILES string of the molecule is C#CC(C(=O)Oc1c(-c2ccc(F)cc2)cc(C(C)(C)C)nc1C(C)C)(C(C)O)[PH](=O)OC. The first-order valence-electron chi connectivity index (χ1n) is 10.6. The predicted octanol–water partition coefficient (Wildman–Crippen LogP) is 5.09. The van der Waals surface area contributed by atoms with Gasteiger partial charge in [-0.1, -0.05) is 52.7 Å². The monoisotopic (exact) mass is 475 g/mol. The smallest absolute Gasteiger partial charge is 0.342 e. The van der Waals surface area contributed by atoms with Gasteiger partial charge in [-0.2, -0.15) is 0 Å². The Hall–Kier alpha value is -2.52. The standard InChI is InChI=1S/C25H31FNO5P/c1-9-25(16(4)28,33(30)31-8)23(29)32-22-19(17-10-12-18(26)13-11-17)14-20(24(5,6)7)27-21(22)15(2)3/h1,10-16,28,33H,2-8H3. The number of esters is 1. The first-order valence-corrected chi connectivity index (χ1v) is 11.9. The molecule has 3 atom stereocenters. The number of halogens is 1. The molecule has 0 bridgehead atoms. The van der Waals surface area contributed by atoms with Gasteiger partial charge in [0.25, 0.3) is 0 Å². The van der Waals surface area contributed by atoms with Crippen LogP contribution in [0.5, 0.6) is 5.75 Å². The van der Waals surface area contributed by atoms with Crippen LogP contribution in [0.3, 0.4) is 0 Å². The molecule has 0 spiro atoms. The van der Waals surface area contributed by atoms with E-state index >= 15 is 0 Å². The number of carbonyl (C=O) groups excluding carboxylic acids is 1. The number of hydrogen-bond donors (Lipinski definition) is 1. The predicted molar refractivity (Wildman–Crippen MR) is 127 cm³/mol. The third-order valence-corrected chi connectivity index (χ3v) is 7.13. The van der Waals surface area contributed by atoms with Gasteiger partial charge in [0.2, 0.25) is 13.2 Å². The Morgan fingerprint density at radius 1 is 1.21 bits per heavy atom. The average Bonchev–Trinajstić information content (AvgIpc) is 2.73. The Morgan fingerprint density at radius 3 is 2.21 bits per heavy atom. The summed E-state index contributed by atoms with van der Waals surface area (Å²) in [5.41, 5.74) is 1.99. The lowest BCUT2D eigenvalue weighted by Crippen LogP contribution is -2.46. The van der Waals surface area contributed by atoms with E-state index < -0.39 is 31.1 Å². The number of pyridine rings is 1. The summed E-state index contributed by atoms with van der Waals surface area (Å²) in [6, 6.07) is 7.52. The molecule has 33 heavy (non-hydrogen) atoms. The zero-order valence-electron chi connectivity index (χ0n) is 20.0. The van der Waals surface area contributed by atoms with Crippen molar-refractivity contribution < 1.29 is 28.1 Å². The molecule has 1 aromatic carbocycles. The van der Waals surface area contributed by atoms with Gasteiger partial charge in [0, 0.05) is 23.8 Å². The minimum Gasteiger partial charge on any atom is -0.422 e. The quantitative estimate of drug-likeness (QED) is 0.341. The number of ether oxygens (including phenoxy) is 1. The van der Waals surface area contributed by atoms with Crippen LogP contribution in [-0.4, -0.2) is 34.4 Å². The van der Waals surface area contributed by atoms with Crippen molar-refractivity contribution in [1.29, 1.82) is 0 Å². The molecule has 0 fully saturated rings. The van der Waals surface area contributed by atoms with Gasteiger partial charge in [0.05, 0.1) is 11.8 Å². The highest BCUT2D eigenvalue weighted by Gasteiger charge is 2.50. The van der Waals surface area contributed by atoms with Crippen LogP contribution in [0.15, 0.2) is 30.3 Å². The molecule has 1 N–H and O–H groups in total. The van der Waals surface area contributed by atoms with Crippen molar-refractivity contribution in [1.82, 2.24) is 4.98 Å². The largest absolute Gasteiger partial charge is 0.422 e. The third kappa shape index (κ3) is 5.35. The minimum atomic E-state index is -3.22. The van der Waals surface area contributed by atoms with Gasteiger partial charge in [0.1, 0.15) is 5.82 Å². The molecular weight excluding hydrogens is 444 g/mol. The summed E-state index contributed by atoms with van der Waals surface area (Å²) in [6.45, 7) is 11.0. The summed E-state index contributed by atoms with van der Waals surface area (Å²) < 4.78 is 36.9. The number of aromatic nitrogens is 1. The maximum Gasteiger partial charge on any atom is 0.342 e. The third-order valence-electron chi connectivity index (χ3n) is 5.35. The second-order valence-corrected chi connectivity index (χ2v) is 11.0. The normalized spacial score (nSPS) is 15.4. The zero-order chi connectivity index (χ0) is 25.1. The lowest BCUT2D eigenvalue weighted by atomic mass is 9.88. The van der Waals surface area contributed by atoms with E-state index in [0.717, 1.165) is 12.8 Å². The van der Waals surface area contributed by atoms with Crippen LogP contribution in [0.2, 0.25) is 0 Å². The summed E-state index contributed by atoms with van der Waals surface area (Å²) in [6.07, 6.45) is 4.06. The molecule has 6 nitrogen and oxygen atoms in total. The first-order chi connectivity index (χ1) is 15.3. The molecule has 8 heteroatoms. The number of hydrogen-bond acceptors (Lipinski definition) is 6. The van der Waals surface area contributed by atoms with Gasteiger partial charge in [-0.25, -0.2) is 9.18 Å². The molecule has 0 aliphatic heterocycles. The van der Waals surface area contributed by atoms with Gasteiger partial charge in [-0.3, -0.25) is 9.55 Å². The van der Waals surface area contributed by atoms with Crippen LogP contribution < -0.4 is 4.74 Å². The fourth-order valence-corrected chi connectivity index (χ4v) is 4.28. The number of aliphatic hydroxyl groups excluding tert-OH is 1. The second-order valence-electron chi connectivity index (χ2n) is 9.19. The fourth-order valence-electron chi connectivity index (χ4n) is 3.28. The van der Waals surface area contributed by atoms with E-state index in [1.165, 1.54) is 19.1 Å². The second kappa shape index (κ2) is 10.2. The Kier molecular flexibility index (Phi) is 8.24. The molecule has 0 amide bonds. The topological polar surface area (TPSA) is 85.7 Å². The number of carbonyl (C=O) groups is 1. The summed E-state index contributed by atoms with van der Waals surface area (Å²) in [5.74, 6) is 0.602. The molecule has 0 aliphatic rings. The van der Waals surface area contributed by atoms with Crippen molar-refractivity contribution in [2.24, 2.45) is 0 Å². The van der Waals surface area contributed by atoms with E-state index in [-0.39, 0.29) is 17.1 Å². The number of aliphatic hydroxyl groups is 1. The van der Waals surface area contributed by atoms with Crippen molar-refractivity contribution in [2.45, 2.75) is 64.1 Å². The van der Waals surface area contributed by atoms with E-state index in [0.29, 0.717) is 16.8 Å². The van der Waals surface area contributed by atoms with Gasteiger partial charge in [-0.05, 0) is 36.6 Å². The fraction of sp³-hybridized carbons (Fsp3) is 0.440. The highest BCUT2D eigenvalue weighted by Crippen LogP contribution is 2.45. The van der Waals surface area contributed by atoms with Gasteiger partial charge < -0.3 is 14.4 Å². The molecular formula is C25H31FNO5P. The Bertz CT molecular complexity index is 1080. The summed E-state index contributed by atoms with van der Waals surface area (Å²) in [7, 11) is -2.08. The lowest BCUT2D eigenvalue weighted by molar-refractivity contribution is -0.138. The number of rotatable bonds is 7. The van der Waals surface area contributed by atoms with Crippen LogP contribution >= 0.6 is 8.03 Å². The van der Waals surface area contributed by atoms with Crippen molar-refractivity contribution in [3.63, 3.8) is 0 Å². The lowest BCUT2D eigenvalue weighted by Gasteiger charge is -2.29. The van der Waals surface area contributed by atoms with E-state index in [1.807, 2.05) is 34.6 Å². The van der Waals surface area contributed by atoms with Gasteiger partial charge >= 0.3 is 5.97 Å². The molecule has 2 rings (SSSR count). The molecule has 1 aromatic heterocycles. The highest BCUT2D eigenvalue weighted by molar-refractivity contribution is 7.43. The maximum atomic E-state index is 13.6. The Labute approximate surface area is 195 Å². The van der Waals surface area contributed by atoms with Crippen LogP contribution in [0, 0.1) is 18.2 Å². The first kappa shape index (κ1) is 26.7. The molecule has 0 radical (unpaired) electrons. The molecule has 0 saturated heterocycles. The molecule has 1 heterocycles. The Balaban J connectivity index is 2.82. The van der Waals surface area contributed by atoms with E-state index in [4.69, 9.17) is 20.7 Å². The van der Waals surface area contributed by atoms with Crippen LogP contribution in [-0.2, 0) is 19.3 Å². The van der Waals surface area contributed by atoms with Crippen molar-refractivity contribution in [3.05, 3.63) is 47.5 Å². The van der Waals surface area contributed by atoms with Crippen LogP contribution in [0.1, 0.15) is 58.8 Å². The molecule has 3 unspecified atom stereocenters. The average molecular weight is 475 g/mol. The van der Waals surface area contributed by atoms with Crippen molar-refractivity contribution >= 4 is 14.0 Å². The summed E-state index contributed by atoms with van der Waals surface area (Å²) in [4.78, 5) is 18.1. The summed E-state index contributed by atoms with van der Waals surface area (Å²) in [5, 5.41) is 8.12. The Morgan fingerprint density at radius 2 is 1.79 bits per heavy atom. The van der Waals surface area contributed by atoms with Gasteiger partial charge in [-0.15, -0.1) is 6.42 Å². The molecule has 0 aliphatic carbocycles. The van der Waals surface area contributed by atoms with Crippen molar-refractivity contribution in [2.75, 3.05) is 7.11 Å². The number of terminal acetylenes is 1. The van der Waals surface area contributed by atoms with Gasteiger partial charge in [0.15, 0.2) is 5.75 Å². The summed E-state index contributed by atoms with van der Waals surface area (Å²) >= 11 is 0. The van der Waals surface area contributed by atoms with Crippen LogP contribution in [0.4, 0.5) is 4.39 Å². The molecule has 2 aromatic rings. The highest BCUT2D eigenvalue weighted by atomic mass is 31.1. The van der Waals surface area contributed by atoms with E-state index in [1.54, 1.807) is 18.2 Å². The maximum absolute atomic E-state index is 13.6.